The number of hydrogen-bond donors (Lipinski definition) is 1. The number of amides is 1. The molecule has 20 heavy (non-hydrogen) atoms. The molecule has 5 heteroatoms. The molecule has 2 rings (SSSR count). The number of hydrogen-bond acceptors (Lipinski definition) is 4. The first-order chi connectivity index (χ1) is 9.58. The lowest BCUT2D eigenvalue weighted by Crippen LogP contribution is -2.49. The summed E-state index contributed by atoms with van der Waals surface area (Å²) in [6.07, 6.45) is 1.93. The van der Waals surface area contributed by atoms with Gasteiger partial charge in [-0.05, 0) is 25.8 Å². The molecule has 1 fully saturated rings. The maximum Gasteiger partial charge on any atom is 0.254 e. The molecule has 0 aliphatic carbocycles. The zero-order chi connectivity index (χ0) is 14.6. The Balaban J connectivity index is 2.09. The van der Waals surface area contributed by atoms with Gasteiger partial charge in [0.05, 0.1) is 16.0 Å². The van der Waals surface area contributed by atoms with Gasteiger partial charge in [0.15, 0.2) is 0 Å². The third kappa shape index (κ3) is 3.40. The maximum absolute atomic E-state index is 12.5. The van der Waals surface area contributed by atoms with Crippen molar-refractivity contribution in [3.05, 3.63) is 21.9 Å². The van der Waals surface area contributed by atoms with Crippen LogP contribution in [0.3, 0.4) is 0 Å². The van der Waals surface area contributed by atoms with Crippen LogP contribution >= 0.6 is 11.3 Å². The summed E-state index contributed by atoms with van der Waals surface area (Å²) in [6, 6.07) is 1.79. The number of thiophene rings is 1. The monoisotopic (exact) mass is 293 g/mol. The first-order valence-corrected chi connectivity index (χ1v) is 7.48. The first-order valence-electron chi connectivity index (χ1n) is 6.61. The predicted molar refractivity (Wildman–Crippen MR) is 78.8 cm³/mol. The zero-order valence-corrected chi connectivity index (χ0v) is 12.6. The van der Waals surface area contributed by atoms with E-state index in [2.05, 4.69) is 11.8 Å². The highest BCUT2D eigenvalue weighted by Gasteiger charge is 2.33. The van der Waals surface area contributed by atoms with E-state index < -0.39 is 0 Å². The lowest BCUT2D eigenvalue weighted by molar-refractivity contribution is -0.0440. The largest absolute Gasteiger partial charge is 0.384 e. The maximum atomic E-state index is 12.5. The van der Waals surface area contributed by atoms with Crippen molar-refractivity contribution in [3.8, 4) is 11.8 Å². The van der Waals surface area contributed by atoms with E-state index in [1.54, 1.807) is 13.2 Å². The summed E-state index contributed by atoms with van der Waals surface area (Å²) < 4.78 is 5.51. The molecule has 1 N–H and O–H groups in total. The second-order valence-corrected chi connectivity index (χ2v) is 6.06. The van der Waals surface area contributed by atoms with Crippen LogP contribution in [-0.4, -0.2) is 48.3 Å². The number of aliphatic hydroxyl groups is 1. The van der Waals surface area contributed by atoms with Crippen molar-refractivity contribution >= 4 is 17.2 Å². The number of piperidine rings is 1. The Hall–Kier alpha value is -1.35. The van der Waals surface area contributed by atoms with Gasteiger partial charge in [-0.3, -0.25) is 4.79 Å². The average molecular weight is 293 g/mol. The van der Waals surface area contributed by atoms with Crippen molar-refractivity contribution in [2.75, 3.05) is 26.8 Å². The number of carbonyl (C=O) groups excluding carboxylic acids is 1. The smallest absolute Gasteiger partial charge is 0.254 e. The van der Waals surface area contributed by atoms with Gasteiger partial charge in [0.1, 0.15) is 6.61 Å². The van der Waals surface area contributed by atoms with E-state index in [0.29, 0.717) is 12.1 Å². The number of rotatable bonds is 2. The highest BCUT2D eigenvalue weighted by Crippen LogP contribution is 2.26. The summed E-state index contributed by atoms with van der Waals surface area (Å²) >= 11 is 1.42. The molecular weight excluding hydrogens is 274 g/mol. The van der Waals surface area contributed by atoms with Crippen LogP contribution in [0.1, 0.15) is 35.0 Å². The van der Waals surface area contributed by atoms with E-state index in [0.717, 1.165) is 24.3 Å². The minimum Gasteiger partial charge on any atom is -0.384 e. The molecule has 0 saturated carbocycles. The Morgan fingerprint density at radius 3 is 3.15 bits per heavy atom. The molecule has 108 valence electrons. The SMILES string of the molecule is COC1(C)CCCN(C(=O)c2csc(C#CCO)c2)C1. The average Bonchev–Trinajstić information content (AvgIpc) is 2.93. The number of methoxy groups -OCH3 is 1. The minimum absolute atomic E-state index is 0.0290. The number of ether oxygens (including phenoxy) is 1. The fourth-order valence-electron chi connectivity index (χ4n) is 2.37. The molecule has 1 amide bonds. The van der Waals surface area contributed by atoms with E-state index >= 15 is 0 Å². The highest BCUT2D eigenvalue weighted by atomic mass is 32.1. The summed E-state index contributed by atoms with van der Waals surface area (Å²) in [5, 5.41) is 10.5. The van der Waals surface area contributed by atoms with Gasteiger partial charge in [-0.2, -0.15) is 0 Å². The van der Waals surface area contributed by atoms with Gasteiger partial charge >= 0.3 is 0 Å². The Morgan fingerprint density at radius 2 is 2.45 bits per heavy atom. The lowest BCUT2D eigenvalue weighted by Gasteiger charge is -2.39. The molecule has 0 spiro atoms. The summed E-state index contributed by atoms with van der Waals surface area (Å²) in [5.74, 6) is 5.44. The number of likely N-dealkylation sites (tertiary alicyclic amines) is 1. The summed E-state index contributed by atoms with van der Waals surface area (Å²) in [4.78, 5) is 15.1. The molecule has 1 unspecified atom stereocenters. The first kappa shape index (κ1) is 15.0. The van der Waals surface area contributed by atoms with Gasteiger partial charge in [0.25, 0.3) is 5.91 Å². The van der Waals surface area contributed by atoms with Crippen molar-refractivity contribution in [2.24, 2.45) is 0 Å². The van der Waals surface area contributed by atoms with Gasteiger partial charge in [-0.1, -0.05) is 11.8 Å². The third-order valence-corrected chi connectivity index (χ3v) is 4.42. The van der Waals surface area contributed by atoms with Gasteiger partial charge in [-0.15, -0.1) is 11.3 Å². The molecule has 2 heterocycles. The van der Waals surface area contributed by atoms with Gasteiger partial charge in [0.2, 0.25) is 0 Å². The fourth-order valence-corrected chi connectivity index (χ4v) is 3.12. The molecule has 1 aliphatic heterocycles. The fraction of sp³-hybridized carbons (Fsp3) is 0.533. The number of aliphatic hydroxyl groups excluding tert-OH is 1. The highest BCUT2D eigenvalue weighted by molar-refractivity contribution is 7.10. The lowest BCUT2D eigenvalue weighted by atomic mass is 9.94. The normalized spacial score (nSPS) is 22.2. The van der Waals surface area contributed by atoms with E-state index in [9.17, 15) is 4.79 Å². The van der Waals surface area contributed by atoms with Crippen LogP contribution in [0.5, 0.6) is 0 Å². The molecule has 1 atom stereocenters. The molecule has 1 aliphatic rings. The zero-order valence-electron chi connectivity index (χ0n) is 11.8. The molecule has 4 nitrogen and oxygen atoms in total. The second kappa shape index (κ2) is 6.40. The van der Waals surface area contributed by atoms with E-state index in [1.807, 2.05) is 17.2 Å². The van der Waals surface area contributed by atoms with Crippen LogP contribution in [-0.2, 0) is 4.74 Å². The van der Waals surface area contributed by atoms with Crippen LogP contribution in [0, 0.1) is 11.8 Å². The molecule has 1 aromatic heterocycles. The topological polar surface area (TPSA) is 49.8 Å². The van der Waals surface area contributed by atoms with Gasteiger partial charge < -0.3 is 14.7 Å². The third-order valence-electron chi connectivity index (χ3n) is 3.58. The Bertz CT molecular complexity index is 543. The van der Waals surface area contributed by atoms with Gasteiger partial charge in [-0.25, -0.2) is 0 Å². The standard InChI is InChI=1S/C15H19NO3S/c1-15(19-2)6-4-7-16(11-15)14(18)12-9-13(20-10-12)5-3-8-17/h9-10,17H,4,6-8,11H2,1-2H3. The second-order valence-electron chi connectivity index (χ2n) is 5.14. The van der Waals surface area contributed by atoms with E-state index in [-0.39, 0.29) is 18.1 Å². The summed E-state index contributed by atoms with van der Waals surface area (Å²) in [6.45, 7) is 3.26. The van der Waals surface area contributed by atoms with Crippen molar-refractivity contribution < 1.29 is 14.6 Å². The van der Waals surface area contributed by atoms with Crippen molar-refractivity contribution in [1.29, 1.82) is 0 Å². The van der Waals surface area contributed by atoms with Crippen molar-refractivity contribution in [1.82, 2.24) is 4.90 Å². The molecule has 0 radical (unpaired) electrons. The van der Waals surface area contributed by atoms with Crippen molar-refractivity contribution in [2.45, 2.75) is 25.4 Å². The van der Waals surface area contributed by atoms with Crippen LogP contribution < -0.4 is 0 Å². The van der Waals surface area contributed by atoms with E-state index in [1.165, 1.54) is 11.3 Å². The minimum atomic E-state index is -0.247. The molecule has 1 saturated heterocycles. The van der Waals surface area contributed by atoms with Crippen LogP contribution in [0.2, 0.25) is 0 Å². The van der Waals surface area contributed by atoms with Crippen molar-refractivity contribution in [3.63, 3.8) is 0 Å². The van der Waals surface area contributed by atoms with Gasteiger partial charge in [0, 0.05) is 25.6 Å². The van der Waals surface area contributed by atoms with E-state index in [4.69, 9.17) is 9.84 Å². The molecule has 0 aromatic carbocycles. The molecule has 0 bridgehead atoms. The Morgan fingerprint density at radius 1 is 1.65 bits per heavy atom. The number of carbonyl (C=O) groups is 1. The molecular formula is C15H19NO3S. The summed E-state index contributed by atoms with van der Waals surface area (Å²) in [5.41, 5.74) is 0.418. The molecule has 1 aromatic rings. The quantitative estimate of drug-likeness (QED) is 0.845. The Kier molecular flexibility index (Phi) is 4.81. The summed E-state index contributed by atoms with van der Waals surface area (Å²) in [7, 11) is 1.70. The predicted octanol–water partition coefficient (Wildman–Crippen LogP) is 1.73. The van der Waals surface area contributed by atoms with Crippen LogP contribution in [0.25, 0.3) is 0 Å². The van der Waals surface area contributed by atoms with Crippen LogP contribution in [0.4, 0.5) is 0 Å². The number of nitrogens with zero attached hydrogens (tertiary/aromatic N) is 1. The Labute approximate surface area is 123 Å². The van der Waals surface area contributed by atoms with Crippen LogP contribution in [0.15, 0.2) is 11.4 Å².